The van der Waals surface area contributed by atoms with Crippen molar-refractivity contribution in [2.45, 2.75) is 45.6 Å². The quantitative estimate of drug-likeness (QED) is 0.838. The van der Waals surface area contributed by atoms with Crippen LogP contribution in [-0.4, -0.2) is 35.6 Å². The number of rotatable bonds is 6. The number of aliphatic carboxylic acids is 1. The fourth-order valence-corrected chi connectivity index (χ4v) is 3.83. The normalized spacial score (nSPS) is 17.2. The van der Waals surface area contributed by atoms with Crippen LogP contribution < -0.4 is 5.32 Å². The maximum atomic E-state index is 12.3. The minimum absolute atomic E-state index is 0.179. The molecule has 0 saturated heterocycles. The number of nitrogens with zero attached hydrogens (tertiary/aromatic N) is 1. The SMILES string of the molecule is COCc1nc(C)c(C(=O)NCC2(C(=O)O)CCCCC2)s1. The van der Waals surface area contributed by atoms with E-state index in [1.807, 2.05) is 0 Å². The van der Waals surface area contributed by atoms with Gasteiger partial charge in [0.05, 0.1) is 17.7 Å². The number of ether oxygens (including phenoxy) is 1. The minimum atomic E-state index is -0.818. The zero-order chi connectivity index (χ0) is 16.2. The molecule has 2 rings (SSSR count). The van der Waals surface area contributed by atoms with E-state index in [0.717, 1.165) is 24.3 Å². The number of aromatic nitrogens is 1. The van der Waals surface area contributed by atoms with Gasteiger partial charge in [-0.25, -0.2) is 4.98 Å². The molecule has 1 aliphatic carbocycles. The molecule has 6 nitrogen and oxygen atoms in total. The number of hydrogen-bond acceptors (Lipinski definition) is 5. The average Bonchev–Trinajstić information content (AvgIpc) is 2.87. The van der Waals surface area contributed by atoms with Crippen LogP contribution in [0.5, 0.6) is 0 Å². The molecule has 0 bridgehead atoms. The second-order valence-electron chi connectivity index (χ2n) is 5.78. The molecule has 7 heteroatoms. The topological polar surface area (TPSA) is 88.5 Å². The number of carboxylic acid groups (broad SMARTS) is 1. The minimum Gasteiger partial charge on any atom is -0.481 e. The first kappa shape index (κ1) is 16.9. The molecule has 1 aliphatic rings. The van der Waals surface area contributed by atoms with Crippen LogP contribution in [0, 0.1) is 12.3 Å². The number of carbonyl (C=O) groups excluding carboxylic acids is 1. The second-order valence-corrected chi connectivity index (χ2v) is 6.87. The van der Waals surface area contributed by atoms with Crippen molar-refractivity contribution in [2.24, 2.45) is 5.41 Å². The summed E-state index contributed by atoms with van der Waals surface area (Å²) in [5.41, 5.74) is -0.162. The number of carbonyl (C=O) groups is 2. The van der Waals surface area contributed by atoms with Crippen molar-refractivity contribution >= 4 is 23.2 Å². The van der Waals surface area contributed by atoms with Gasteiger partial charge in [0, 0.05) is 13.7 Å². The Bertz CT molecular complexity index is 550. The second kappa shape index (κ2) is 7.19. The number of aryl methyl sites for hydroxylation is 1. The summed E-state index contributed by atoms with van der Waals surface area (Å²) < 4.78 is 5.02. The van der Waals surface area contributed by atoms with E-state index in [4.69, 9.17) is 4.74 Å². The van der Waals surface area contributed by atoms with Crippen molar-refractivity contribution in [3.8, 4) is 0 Å². The van der Waals surface area contributed by atoms with Gasteiger partial charge >= 0.3 is 5.97 Å². The molecule has 0 aliphatic heterocycles. The number of methoxy groups -OCH3 is 1. The van der Waals surface area contributed by atoms with Gasteiger partial charge in [-0.15, -0.1) is 11.3 Å². The predicted octanol–water partition coefficient (Wildman–Crippen LogP) is 2.36. The van der Waals surface area contributed by atoms with E-state index in [0.29, 0.717) is 30.0 Å². The van der Waals surface area contributed by atoms with Crippen molar-refractivity contribution in [3.63, 3.8) is 0 Å². The molecule has 0 radical (unpaired) electrons. The van der Waals surface area contributed by atoms with E-state index >= 15 is 0 Å². The van der Waals surface area contributed by atoms with Crippen molar-refractivity contribution in [1.29, 1.82) is 0 Å². The molecule has 1 aromatic heterocycles. The largest absolute Gasteiger partial charge is 0.481 e. The first-order chi connectivity index (χ1) is 10.5. The van der Waals surface area contributed by atoms with Gasteiger partial charge in [0.2, 0.25) is 0 Å². The van der Waals surface area contributed by atoms with Crippen LogP contribution in [-0.2, 0) is 16.1 Å². The molecule has 1 aromatic rings. The van der Waals surface area contributed by atoms with E-state index in [1.165, 1.54) is 11.3 Å². The highest BCUT2D eigenvalue weighted by atomic mass is 32.1. The predicted molar refractivity (Wildman–Crippen MR) is 83.1 cm³/mol. The van der Waals surface area contributed by atoms with Gasteiger partial charge in [-0.1, -0.05) is 19.3 Å². The van der Waals surface area contributed by atoms with Crippen LogP contribution >= 0.6 is 11.3 Å². The lowest BCUT2D eigenvalue weighted by Gasteiger charge is -2.33. The molecule has 1 heterocycles. The monoisotopic (exact) mass is 326 g/mol. The molecule has 1 fully saturated rings. The molecule has 1 saturated carbocycles. The van der Waals surface area contributed by atoms with Gasteiger partial charge in [0.25, 0.3) is 5.91 Å². The lowest BCUT2D eigenvalue weighted by molar-refractivity contribution is -0.150. The number of nitrogens with one attached hydrogen (secondary N) is 1. The van der Waals surface area contributed by atoms with E-state index in [2.05, 4.69) is 10.3 Å². The summed E-state index contributed by atoms with van der Waals surface area (Å²) in [6, 6.07) is 0. The third kappa shape index (κ3) is 3.64. The third-order valence-corrected chi connectivity index (χ3v) is 5.30. The van der Waals surface area contributed by atoms with Crippen molar-refractivity contribution in [2.75, 3.05) is 13.7 Å². The van der Waals surface area contributed by atoms with Crippen molar-refractivity contribution < 1.29 is 19.4 Å². The Balaban J connectivity index is 2.03. The zero-order valence-corrected chi connectivity index (χ0v) is 13.8. The number of amides is 1. The molecular formula is C15H22N2O4S. The smallest absolute Gasteiger partial charge is 0.311 e. The van der Waals surface area contributed by atoms with Crippen LogP contribution in [0.15, 0.2) is 0 Å². The van der Waals surface area contributed by atoms with Crippen LogP contribution in [0.4, 0.5) is 0 Å². The zero-order valence-electron chi connectivity index (χ0n) is 13.0. The van der Waals surface area contributed by atoms with Gasteiger partial charge < -0.3 is 15.2 Å². The summed E-state index contributed by atoms with van der Waals surface area (Å²) in [5, 5.41) is 13.1. The van der Waals surface area contributed by atoms with E-state index in [-0.39, 0.29) is 12.5 Å². The Morgan fingerprint density at radius 3 is 2.64 bits per heavy atom. The van der Waals surface area contributed by atoms with Crippen molar-refractivity contribution in [3.05, 3.63) is 15.6 Å². The maximum Gasteiger partial charge on any atom is 0.311 e. The highest BCUT2D eigenvalue weighted by Gasteiger charge is 2.40. The summed E-state index contributed by atoms with van der Waals surface area (Å²) in [6.45, 7) is 2.33. The van der Waals surface area contributed by atoms with Gasteiger partial charge in [-0.3, -0.25) is 9.59 Å². The molecule has 2 N–H and O–H groups in total. The molecule has 1 amide bonds. The Morgan fingerprint density at radius 2 is 2.05 bits per heavy atom. The Hall–Kier alpha value is -1.47. The third-order valence-electron chi connectivity index (χ3n) is 4.17. The van der Waals surface area contributed by atoms with Gasteiger partial charge in [-0.05, 0) is 19.8 Å². The summed E-state index contributed by atoms with van der Waals surface area (Å²) in [5.74, 6) is -1.06. The van der Waals surface area contributed by atoms with Gasteiger partial charge in [-0.2, -0.15) is 0 Å². The van der Waals surface area contributed by atoms with Crippen LogP contribution in [0.3, 0.4) is 0 Å². The molecular weight excluding hydrogens is 304 g/mol. The molecule has 22 heavy (non-hydrogen) atoms. The summed E-state index contributed by atoms with van der Waals surface area (Å²) >= 11 is 1.29. The highest BCUT2D eigenvalue weighted by molar-refractivity contribution is 7.13. The Kier molecular flexibility index (Phi) is 5.52. The molecule has 122 valence electrons. The van der Waals surface area contributed by atoms with Crippen molar-refractivity contribution in [1.82, 2.24) is 10.3 Å². The maximum absolute atomic E-state index is 12.3. The van der Waals surface area contributed by atoms with Crippen LogP contribution in [0.25, 0.3) is 0 Å². The van der Waals surface area contributed by atoms with Gasteiger partial charge in [0.1, 0.15) is 9.88 Å². The first-order valence-corrected chi connectivity index (χ1v) is 8.27. The molecule has 0 atom stereocenters. The molecule has 0 spiro atoms. The highest BCUT2D eigenvalue weighted by Crippen LogP contribution is 2.36. The number of carboxylic acids is 1. The number of thiazole rings is 1. The fraction of sp³-hybridized carbons (Fsp3) is 0.667. The first-order valence-electron chi connectivity index (χ1n) is 7.45. The lowest BCUT2D eigenvalue weighted by Crippen LogP contribution is -2.44. The molecule has 0 aromatic carbocycles. The Labute approximate surface area is 133 Å². The fourth-order valence-electron chi connectivity index (χ4n) is 2.87. The summed E-state index contributed by atoms with van der Waals surface area (Å²) in [4.78, 5) is 28.7. The summed E-state index contributed by atoms with van der Waals surface area (Å²) in [7, 11) is 1.58. The van der Waals surface area contributed by atoms with Crippen LogP contribution in [0.2, 0.25) is 0 Å². The Morgan fingerprint density at radius 1 is 1.36 bits per heavy atom. The van der Waals surface area contributed by atoms with E-state index < -0.39 is 11.4 Å². The van der Waals surface area contributed by atoms with Gasteiger partial charge in [0.15, 0.2) is 0 Å². The van der Waals surface area contributed by atoms with E-state index in [1.54, 1.807) is 14.0 Å². The average molecular weight is 326 g/mol. The summed E-state index contributed by atoms with van der Waals surface area (Å²) in [6.07, 6.45) is 4.12. The van der Waals surface area contributed by atoms with E-state index in [9.17, 15) is 14.7 Å². The van der Waals surface area contributed by atoms with Crippen LogP contribution in [0.1, 0.15) is 52.5 Å². The lowest BCUT2D eigenvalue weighted by atomic mass is 9.74. The standard InChI is InChI=1S/C15H22N2O4S/c1-10-12(22-11(17-10)8-21-2)13(18)16-9-15(14(19)20)6-4-3-5-7-15/h3-9H2,1-2H3,(H,16,18)(H,19,20). The number of hydrogen-bond donors (Lipinski definition) is 2. The molecule has 0 unspecified atom stereocenters.